The zero-order chi connectivity index (χ0) is 26.1. The van der Waals surface area contributed by atoms with Crippen LogP contribution in [0.3, 0.4) is 0 Å². The van der Waals surface area contributed by atoms with Crippen molar-refractivity contribution in [1.29, 1.82) is 0 Å². The maximum absolute atomic E-state index is 13.9. The molecule has 0 saturated carbocycles. The van der Waals surface area contributed by atoms with Crippen LogP contribution in [0.25, 0.3) is 6.08 Å². The van der Waals surface area contributed by atoms with Gasteiger partial charge in [0, 0.05) is 6.07 Å². The summed E-state index contributed by atoms with van der Waals surface area (Å²) in [6.45, 7) is -0.952. The van der Waals surface area contributed by atoms with Crippen molar-refractivity contribution in [3.63, 3.8) is 0 Å². The van der Waals surface area contributed by atoms with Crippen molar-refractivity contribution in [2.24, 2.45) is 0 Å². The Morgan fingerprint density at radius 1 is 0.806 bits per heavy atom. The summed E-state index contributed by atoms with van der Waals surface area (Å²) < 4.78 is 94.5. The zero-order valence-electron chi connectivity index (χ0n) is 19.0. The van der Waals surface area contributed by atoms with Gasteiger partial charge < -0.3 is 23.7 Å². The Bertz CT molecular complexity index is 1350. The Hall–Kier alpha value is -4.28. The van der Waals surface area contributed by atoms with Gasteiger partial charge in [0.15, 0.2) is 40.5 Å². The molecule has 0 saturated heterocycles. The number of benzene rings is 3. The van der Waals surface area contributed by atoms with Crippen LogP contribution >= 0.6 is 0 Å². The van der Waals surface area contributed by atoms with E-state index >= 15 is 0 Å². The van der Waals surface area contributed by atoms with Crippen LogP contribution in [0.2, 0.25) is 0 Å². The summed E-state index contributed by atoms with van der Waals surface area (Å²) in [5.41, 5.74) is -0.451. The van der Waals surface area contributed by atoms with Crippen molar-refractivity contribution in [1.82, 2.24) is 0 Å². The van der Waals surface area contributed by atoms with E-state index in [1.165, 1.54) is 45.6 Å². The number of hydrogen-bond donors (Lipinski definition) is 0. The highest BCUT2D eigenvalue weighted by Gasteiger charge is 2.29. The standard InChI is InChI=1S/C25H17F5O6/c1-32-17-7-11(8-18(33-2)25(17)34-3)6-16-24(31)13-5-4-12(9-15(13)36-16)35-10-14-19(26)21(28)23(30)22(29)20(14)27/h4-9H,10H2,1-3H3/b16-6-. The minimum Gasteiger partial charge on any atom is -0.493 e. The predicted octanol–water partition coefficient (Wildman–Crippen LogP) is 5.60. The Morgan fingerprint density at radius 3 is 1.94 bits per heavy atom. The molecule has 0 aliphatic carbocycles. The number of ether oxygens (including phenoxy) is 5. The van der Waals surface area contributed by atoms with Crippen LogP contribution in [-0.4, -0.2) is 27.1 Å². The van der Waals surface area contributed by atoms with E-state index in [9.17, 15) is 26.7 Å². The molecular formula is C25H17F5O6. The number of carbonyl (C=O) groups excluding carboxylic acids is 1. The van der Waals surface area contributed by atoms with Crippen molar-refractivity contribution >= 4 is 11.9 Å². The lowest BCUT2D eigenvalue weighted by Crippen LogP contribution is -2.09. The van der Waals surface area contributed by atoms with Gasteiger partial charge >= 0.3 is 0 Å². The van der Waals surface area contributed by atoms with Crippen LogP contribution in [0.1, 0.15) is 21.5 Å². The highest BCUT2D eigenvalue weighted by Crippen LogP contribution is 2.40. The number of allylic oxidation sites excluding steroid dienone is 1. The van der Waals surface area contributed by atoms with E-state index in [1.54, 1.807) is 12.1 Å². The number of carbonyl (C=O) groups is 1. The molecule has 0 radical (unpaired) electrons. The molecule has 3 aromatic carbocycles. The Labute approximate surface area is 201 Å². The fourth-order valence-corrected chi connectivity index (χ4v) is 3.53. The fourth-order valence-electron chi connectivity index (χ4n) is 3.53. The third-order valence-corrected chi connectivity index (χ3v) is 5.31. The molecule has 0 N–H and O–H groups in total. The lowest BCUT2D eigenvalue weighted by Gasteiger charge is -2.13. The molecule has 36 heavy (non-hydrogen) atoms. The second-order valence-corrected chi connectivity index (χ2v) is 7.39. The van der Waals surface area contributed by atoms with E-state index in [-0.39, 0.29) is 22.8 Å². The maximum Gasteiger partial charge on any atom is 0.231 e. The first-order valence-electron chi connectivity index (χ1n) is 10.2. The summed E-state index contributed by atoms with van der Waals surface area (Å²) >= 11 is 0. The Balaban J connectivity index is 1.58. The molecule has 0 fully saturated rings. The summed E-state index contributed by atoms with van der Waals surface area (Å²) in [4.78, 5) is 12.8. The lowest BCUT2D eigenvalue weighted by molar-refractivity contribution is 0.101. The van der Waals surface area contributed by atoms with Gasteiger partial charge in [-0.25, -0.2) is 22.0 Å². The average Bonchev–Trinajstić information content (AvgIpc) is 3.19. The quantitative estimate of drug-likeness (QED) is 0.179. The van der Waals surface area contributed by atoms with Crippen molar-refractivity contribution in [2.45, 2.75) is 6.61 Å². The van der Waals surface area contributed by atoms with Gasteiger partial charge in [-0.1, -0.05) is 0 Å². The van der Waals surface area contributed by atoms with Crippen LogP contribution in [0.15, 0.2) is 36.1 Å². The Morgan fingerprint density at radius 2 is 1.39 bits per heavy atom. The number of Topliss-reactive ketones (excluding diaryl/α,β-unsaturated/α-hetero) is 1. The van der Waals surface area contributed by atoms with Crippen LogP contribution in [-0.2, 0) is 6.61 Å². The summed E-state index contributed by atoms with van der Waals surface area (Å²) in [5.74, 6) is -9.76. The zero-order valence-corrected chi connectivity index (χ0v) is 19.0. The predicted molar refractivity (Wildman–Crippen MR) is 116 cm³/mol. The lowest BCUT2D eigenvalue weighted by atomic mass is 10.1. The SMILES string of the molecule is COc1cc(/C=C2\Oc3cc(OCc4c(F)c(F)c(F)c(F)c4F)ccc3C2=O)cc(OC)c1OC. The second kappa shape index (κ2) is 9.76. The van der Waals surface area contributed by atoms with Crippen molar-refractivity contribution < 1.29 is 50.4 Å². The first kappa shape index (κ1) is 24.8. The van der Waals surface area contributed by atoms with E-state index in [1.807, 2.05) is 0 Å². The molecular weight excluding hydrogens is 491 g/mol. The van der Waals surface area contributed by atoms with Crippen molar-refractivity contribution in [3.8, 4) is 28.7 Å². The normalized spacial score (nSPS) is 13.4. The number of methoxy groups -OCH3 is 3. The van der Waals surface area contributed by atoms with Crippen molar-refractivity contribution in [3.05, 3.63) is 81.9 Å². The van der Waals surface area contributed by atoms with Gasteiger partial charge in [-0.2, -0.15) is 0 Å². The third kappa shape index (κ3) is 4.28. The summed E-state index contributed by atoms with van der Waals surface area (Å²) in [7, 11) is 4.33. The van der Waals surface area contributed by atoms with Gasteiger partial charge in [0.2, 0.25) is 17.3 Å². The van der Waals surface area contributed by atoms with Crippen LogP contribution in [0.4, 0.5) is 22.0 Å². The number of rotatable bonds is 7. The van der Waals surface area contributed by atoms with Gasteiger partial charge in [0.25, 0.3) is 0 Å². The Kier molecular flexibility index (Phi) is 6.73. The van der Waals surface area contributed by atoms with Crippen LogP contribution < -0.4 is 23.7 Å². The smallest absolute Gasteiger partial charge is 0.231 e. The van der Waals surface area contributed by atoms with Gasteiger partial charge in [0.05, 0.1) is 32.5 Å². The minimum absolute atomic E-state index is 0.0282. The van der Waals surface area contributed by atoms with E-state index in [2.05, 4.69) is 0 Å². The van der Waals surface area contributed by atoms with Crippen molar-refractivity contribution in [2.75, 3.05) is 21.3 Å². The molecule has 6 nitrogen and oxygen atoms in total. The molecule has 1 aliphatic heterocycles. The molecule has 0 amide bonds. The molecule has 0 spiro atoms. The molecule has 11 heteroatoms. The molecule has 1 aliphatic rings. The fraction of sp³-hybridized carbons (Fsp3) is 0.160. The van der Waals surface area contributed by atoms with Gasteiger partial charge in [-0.05, 0) is 35.9 Å². The van der Waals surface area contributed by atoms with E-state index < -0.39 is 47.0 Å². The van der Waals surface area contributed by atoms with Gasteiger partial charge in [-0.3, -0.25) is 4.79 Å². The number of halogens is 5. The monoisotopic (exact) mass is 508 g/mol. The van der Waals surface area contributed by atoms with Crippen LogP contribution in [0, 0.1) is 29.1 Å². The first-order valence-corrected chi connectivity index (χ1v) is 10.2. The largest absolute Gasteiger partial charge is 0.493 e. The van der Waals surface area contributed by atoms with E-state index in [0.717, 1.165) is 0 Å². The first-order chi connectivity index (χ1) is 17.2. The van der Waals surface area contributed by atoms with Gasteiger partial charge in [0.1, 0.15) is 18.1 Å². The molecule has 4 rings (SSSR count). The molecule has 0 atom stereocenters. The summed E-state index contributed by atoms with van der Waals surface area (Å²) in [6, 6.07) is 7.12. The summed E-state index contributed by atoms with van der Waals surface area (Å²) in [6.07, 6.45) is 1.45. The summed E-state index contributed by atoms with van der Waals surface area (Å²) in [5, 5.41) is 0. The average molecular weight is 508 g/mol. The van der Waals surface area contributed by atoms with E-state index in [0.29, 0.717) is 22.8 Å². The third-order valence-electron chi connectivity index (χ3n) is 5.31. The number of fused-ring (bicyclic) bond motifs is 1. The molecule has 0 unspecified atom stereocenters. The topological polar surface area (TPSA) is 63.2 Å². The molecule has 0 bridgehead atoms. The highest BCUT2D eigenvalue weighted by molar-refractivity contribution is 6.14. The minimum atomic E-state index is -2.26. The number of hydrogen-bond acceptors (Lipinski definition) is 6. The molecule has 3 aromatic rings. The molecule has 0 aromatic heterocycles. The van der Waals surface area contributed by atoms with E-state index in [4.69, 9.17) is 23.7 Å². The second-order valence-electron chi connectivity index (χ2n) is 7.39. The van der Waals surface area contributed by atoms with Gasteiger partial charge in [-0.15, -0.1) is 0 Å². The van der Waals surface area contributed by atoms with Crippen LogP contribution in [0.5, 0.6) is 28.7 Å². The maximum atomic E-state index is 13.9. The number of ketones is 1. The molecule has 1 heterocycles. The molecule has 188 valence electrons. The highest BCUT2D eigenvalue weighted by atomic mass is 19.2.